The zero-order valence-electron chi connectivity index (χ0n) is 17.5. The van der Waals surface area contributed by atoms with Crippen molar-refractivity contribution in [2.45, 2.75) is 26.4 Å². The molecule has 6 nitrogen and oxygen atoms in total. The second kappa shape index (κ2) is 8.43. The van der Waals surface area contributed by atoms with E-state index in [-0.39, 0.29) is 0 Å². The molecule has 0 aliphatic carbocycles. The number of esters is 1. The second-order valence-electron chi connectivity index (χ2n) is 7.47. The average Bonchev–Trinajstić information content (AvgIpc) is 3.25. The number of carbonyl (C=O) groups excluding carboxylic acids is 3. The standard InChI is InChI=1S/C24H22N2O4S/c1-15-8-10-17(11-9-15)13-25-14-18(19-6-4-5-7-20(19)25)12-21-22(27)26(24(29)31-21)16(2)23(28)30-3/h4-12,14,16H,13H2,1-3H3/b21-12+/t16-/m0/s1. The first-order chi connectivity index (χ1) is 14.9. The van der Waals surface area contributed by atoms with E-state index < -0.39 is 23.2 Å². The van der Waals surface area contributed by atoms with Gasteiger partial charge < -0.3 is 9.30 Å². The number of aromatic nitrogens is 1. The maximum absolute atomic E-state index is 12.8. The maximum Gasteiger partial charge on any atom is 0.328 e. The predicted molar refractivity (Wildman–Crippen MR) is 122 cm³/mol. The van der Waals surface area contributed by atoms with Gasteiger partial charge in [-0.25, -0.2) is 4.79 Å². The smallest absolute Gasteiger partial charge is 0.328 e. The van der Waals surface area contributed by atoms with E-state index in [0.717, 1.165) is 33.1 Å². The number of thioether (sulfide) groups is 1. The molecule has 1 aromatic heterocycles. The summed E-state index contributed by atoms with van der Waals surface area (Å²) >= 11 is 0.838. The molecular weight excluding hydrogens is 412 g/mol. The van der Waals surface area contributed by atoms with Crippen molar-refractivity contribution < 1.29 is 19.1 Å². The van der Waals surface area contributed by atoms with Gasteiger partial charge in [0.05, 0.1) is 12.0 Å². The molecule has 4 rings (SSSR count). The number of para-hydroxylation sites is 1. The van der Waals surface area contributed by atoms with E-state index in [9.17, 15) is 14.4 Å². The van der Waals surface area contributed by atoms with E-state index in [2.05, 4.69) is 40.5 Å². The van der Waals surface area contributed by atoms with Gasteiger partial charge in [-0.2, -0.15) is 0 Å². The number of hydrogen-bond acceptors (Lipinski definition) is 5. The highest BCUT2D eigenvalue weighted by Crippen LogP contribution is 2.35. The summed E-state index contributed by atoms with van der Waals surface area (Å²) < 4.78 is 6.81. The van der Waals surface area contributed by atoms with Gasteiger partial charge in [0.25, 0.3) is 11.1 Å². The number of rotatable bonds is 5. The summed E-state index contributed by atoms with van der Waals surface area (Å²) in [4.78, 5) is 38.3. The van der Waals surface area contributed by atoms with Gasteiger partial charge in [-0.05, 0) is 43.3 Å². The third-order valence-corrected chi connectivity index (χ3v) is 6.22. The van der Waals surface area contributed by atoms with E-state index in [1.165, 1.54) is 25.2 Å². The van der Waals surface area contributed by atoms with Gasteiger partial charge in [-0.1, -0.05) is 48.0 Å². The number of hydrogen-bond donors (Lipinski definition) is 0. The van der Waals surface area contributed by atoms with Crippen molar-refractivity contribution in [3.63, 3.8) is 0 Å². The van der Waals surface area contributed by atoms with Crippen LogP contribution in [0.3, 0.4) is 0 Å². The minimum atomic E-state index is -0.966. The fourth-order valence-electron chi connectivity index (χ4n) is 3.64. The summed E-state index contributed by atoms with van der Waals surface area (Å²) in [6.45, 7) is 4.23. The van der Waals surface area contributed by atoms with Gasteiger partial charge >= 0.3 is 5.97 Å². The molecule has 158 valence electrons. The number of imide groups is 1. The number of carbonyl (C=O) groups is 3. The maximum atomic E-state index is 12.8. The highest BCUT2D eigenvalue weighted by molar-refractivity contribution is 8.18. The van der Waals surface area contributed by atoms with Crippen LogP contribution in [-0.4, -0.2) is 39.7 Å². The van der Waals surface area contributed by atoms with Crippen LogP contribution >= 0.6 is 11.8 Å². The van der Waals surface area contributed by atoms with Crippen molar-refractivity contribution in [2.24, 2.45) is 0 Å². The Morgan fingerprint density at radius 3 is 2.55 bits per heavy atom. The van der Waals surface area contributed by atoms with E-state index >= 15 is 0 Å². The topological polar surface area (TPSA) is 68.6 Å². The summed E-state index contributed by atoms with van der Waals surface area (Å²) in [5, 5.41) is 0.514. The molecule has 1 fully saturated rings. The first kappa shape index (κ1) is 20.9. The van der Waals surface area contributed by atoms with Crippen LogP contribution in [0.1, 0.15) is 23.6 Å². The van der Waals surface area contributed by atoms with Crippen LogP contribution in [0.5, 0.6) is 0 Å². The minimum absolute atomic E-state index is 0.291. The molecule has 2 aromatic carbocycles. The molecule has 2 heterocycles. The lowest BCUT2D eigenvalue weighted by atomic mass is 10.1. The van der Waals surface area contributed by atoms with Crippen molar-refractivity contribution in [2.75, 3.05) is 7.11 Å². The Morgan fingerprint density at radius 2 is 1.84 bits per heavy atom. The van der Waals surface area contributed by atoms with Crippen LogP contribution in [0.4, 0.5) is 4.79 Å². The molecule has 0 spiro atoms. The Morgan fingerprint density at radius 1 is 1.13 bits per heavy atom. The van der Waals surface area contributed by atoms with Crippen molar-refractivity contribution in [3.05, 3.63) is 76.3 Å². The zero-order chi connectivity index (χ0) is 22.1. The van der Waals surface area contributed by atoms with Crippen LogP contribution in [0, 0.1) is 6.92 Å². The molecule has 1 aliphatic rings. The predicted octanol–water partition coefficient (Wildman–Crippen LogP) is 4.60. The number of nitrogens with zero attached hydrogens (tertiary/aromatic N) is 2. The number of methoxy groups -OCH3 is 1. The molecule has 3 aromatic rings. The van der Waals surface area contributed by atoms with Crippen molar-refractivity contribution in [1.29, 1.82) is 0 Å². The molecule has 1 atom stereocenters. The summed E-state index contributed by atoms with van der Waals surface area (Å²) in [5.41, 5.74) is 4.26. The Bertz CT molecular complexity index is 1210. The van der Waals surface area contributed by atoms with Crippen molar-refractivity contribution in [3.8, 4) is 0 Å². The monoisotopic (exact) mass is 434 g/mol. The van der Waals surface area contributed by atoms with Crippen LogP contribution in [0.2, 0.25) is 0 Å². The summed E-state index contributed by atoms with van der Waals surface area (Å²) in [6.07, 6.45) is 3.71. The first-order valence-electron chi connectivity index (χ1n) is 9.87. The number of ether oxygens (including phenoxy) is 1. The lowest BCUT2D eigenvalue weighted by Crippen LogP contribution is -2.42. The molecule has 1 saturated heterocycles. The molecule has 1 aliphatic heterocycles. The summed E-state index contributed by atoms with van der Waals surface area (Å²) in [5.74, 6) is -1.11. The van der Waals surface area contributed by atoms with E-state index in [1.54, 1.807) is 6.08 Å². The van der Waals surface area contributed by atoms with Crippen molar-refractivity contribution >= 4 is 45.9 Å². The fourth-order valence-corrected chi connectivity index (χ4v) is 4.54. The van der Waals surface area contributed by atoms with E-state index in [1.807, 2.05) is 30.5 Å². The van der Waals surface area contributed by atoms with Gasteiger partial charge in [-0.3, -0.25) is 14.5 Å². The Labute approximate surface area is 184 Å². The Kier molecular flexibility index (Phi) is 5.69. The summed E-state index contributed by atoms with van der Waals surface area (Å²) in [6, 6.07) is 15.4. The van der Waals surface area contributed by atoms with Crippen molar-refractivity contribution in [1.82, 2.24) is 9.47 Å². The first-order valence-corrected chi connectivity index (χ1v) is 10.7. The number of amides is 2. The van der Waals surface area contributed by atoms with Gasteiger partial charge in [0.2, 0.25) is 0 Å². The molecule has 2 amide bonds. The van der Waals surface area contributed by atoms with E-state index in [4.69, 9.17) is 0 Å². The SMILES string of the molecule is COC(=O)[C@H](C)N1C(=O)S/C(=C/c2cn(Cc3ccc(C)cc3)c3ccccc23)C1=O. The molecular formula is C24H22N2O4S. The van der Waals surface area contributed by atoms with Crippen LogP contribution in [-0.2, 0) is 20.9 Å². The fraction of sp³-hybridized carbons (Fsp3) is 0.208. The summed E-state index contributed by atoms with van der Waals surface area (Å²) in [7, 11) is 1.23. The lowest BCUT2D eigenvalue weighted by Gasteiger charge is -2.18. The van der Waals surface area contributed by atoms with Gasteiger partial charge in [-0.15, -0.1) is 0 Å². The van der Waals surface area contributed by atoms with Gasteiger partial charge in [0, 0.05) is 29.2 Å². The third-order valence-electron chi connectivity index (χ3n) is 5.33. The Hall–Kier alpha value is -3.32. The second-order valence-corrected chi connectivity index (χ2v) is 8.46. The normalized spacial score (nSPS) is 16.4. The molecule has 0 radical (unpaired) electrons. The molecule has 0 saturated carbocycles. The highest BCUT2D eigenvalue weighted by Gasteiger charge is 2.41. The number of benzene rings is 2. The Balaban J connectivity index is 1.69. The lowest BCUT2D eigenvalue weighted by molar-refractivity contribution is -0.148. The van der Waals surface area contributed by atoms with Gasteiger partial charge in [0.15, 0.2) is 0 Å². The number of aryl methyl sites for hydroxylation is 1. The third kappa shape index (κ3) is 4.01. The minimum Gasteiger partial charge on any atom is -0.467 e. The molecule has 0 N–H and O–H groups in total. The largest absolute Gasteiger partial charge is 0.467 e. The molecule has 0 unspecified atom stereocenters. The number of fused-ring (bicyclic) bond motifs is 1. The molecule has 7 heteroatoms. The average molecular weight is 435 g/mol. The van der Waals surface area contributed by atoms with Gasteiger partial charge in [0.1, 0.15) is 6.04 Å². The van der Waals surface area contributed by atoms with Crippen LogP contribution in [0.15, 0.2) is 59.6 Å². The zero-order valence-corrected chi connectivity index (χ0v) is 18.3. The highest BCUT2D eigenvalue weighted by atomic mass is 32.2. The van der Waals surface area contributed by atoms with Crippen LogP contribution in [0.25, 0.3) is 17.0 Å². The molecule has 31 heavy (non-hydrogen) atoms. The van der Waals surface area contributed by atoms with E-state index in [0.29, 0.717) is 11.4 Å². The van der Waals surface area contributed by atoms with Crippen LogP contribution < -0.4 is 0 Å². The quantitative estimate of drug-likeness (QED) is 0.434. The molecule has 0 bridgehead atoms.